The van der Waals surface area contributed by atoms with E-state index in [0.717, 1.165) is 18.4 Å². The average Bonchev–Trinajstić information content (AvgIpc) is 2.53. The summed E-state index contributed by atoms with van der Waals surface area (Å²) in [4.78, 5) is 6.46. The molecule has 4 heteroatoms. The number of nitrogens with one attached hydrogen (secondary N) is 2. The number of hydrogen-bond donors (Lipinski definition) is 2. The van der Waals surface area contributed by atoms with E-state index in [0.29, 0.717) is 6.04 Å². The lowest BCUT2D eigenvalue weighted by molar-refractivity contribution is 0.329. The standard InChI is InChI=1S/C18H30N4/c1-14-5-9-16(10-6-14)21-18(19-2)20-13-15-7-11-17(12-8-15)22(3)4/h7-8,11-12,14,16H,5-6,9-10,13H2,1-4H3,(H2,19,20,21). The summed E-state index contributed by atoms with van der Waals surface area (Å²) in [7, 11) is 5.96. The first-order chi connectivity index (χ1) is 10.6. The van der Waals surface area contributed by atoms with Crippen molar-refractivity contribution in [1.82, 2.24) is 10.6 Å². The molecule has 2 rings (SSSR count). The number of hydrogen-bond acceptors (Lipinski definition) is 2. The van der Waals surface area contributed by atoms with Crippen molar-refractivity contribution in [1.29, 1.82) is 0 Å². The SMILES string of the molecule is CN=C(NCc1ccc(N(C)C)cc1)NC1CCC(C)CC1. The molecule has 0 unspecified atom stereocenters. The van der Waals surface area contributed by atoms with E-state index >= 15 is 0 Å². The molecule has 1 aromatic carbocycles. The molecular weight excluding hydrogens is 272 g/mol. The molecule has 0 aliphatic heterocycles. The van der Waals surface area contributed by atoms with Gasteiger partial charge in [-0.25, -0.2) is 0 Å². The van der Waals surface area contributed by atoms with Gasteiger partial charge in [0.05, 0.1) is 0 Å². The third-order valence-corrected chi connectivity index (χ3v) is 4.49. The Bertz CT molecular complexity index is 470. The van der Waals surface area contributed by atoms with Crippen LogP contribution in [-0.4, -0.2) is 33.1 Å². The largest absolute Gasteiger partial charge is 0.378 e. The molecule has 0 spiro atoms. The first-order valence-electron chi connectivity index (χ1n) is 8.32. The topological polar surface area (TPSA) is 39.7 Å². The zero-order chi connectivity index (χ0) is 15.9. The zero-order valence-corrected chi connectivity index (χ0v) is 14.4. The molecule has 0 heterocycles. The van der Waals surface area contributed by atoms with Crippen LogP contribution >= 0.6 is 0 Å². The Kier molecular flexibility index (Phi) is 6.10. The molecule has 1 aliphatic rings. The van der Waals surface area contributed by atoms with E-state index in [1.54, 1.807) is 0 Å². The van der Waals surface area contributed by atoms with Crippen LogP contribution < -0.4 is 15.5 Å². The molecule has 0 atom stereocenters. The van der Waals surface area contributed by atoms with Gasteiger partial charge in [0.1, 0.15) is 0 Å². The Morgan fingerprint density at radius 3 is 2.32 bits per heavy atom. The number of rotatable bonds is 4. The average molecular weight is 302 g/mol. The van der Waals surface area contributed by atoms with Gasteiger partial charge in [-0.1, -0.05) is 19.1 Å². The minimum atomic E-state index is 0.568. The molecule has 0 radical (unpaired) electrons. The van der Waals surface area contributed by atoms with E-state index in [9.17, 15) is 0 Å². The lowest BCUT2D eigenvalue weighted by atomic mass is 9.87. The molecule has 1 aliphatic carbocycles. The van der Waals surface area contributed by atoms with Crippen molar-refractivity contribution in [2.45, 2.75) is 45.2 Å². The van der Waals surface area contributed by atoms with Gasteiger partial charge < -0.3 is 15.5 Å². The zero-order valence-electron chi connectivity index (χ0n) is 14.4. The molecule has 0 bridgehead atoms. The third kappa shape index (κ3) is 4.93. The van der Waals surface area contributed by atoms with Crippen molar-refractivity contribution in [2.75, 3.05) is 26.0 Å². The van der Waals surface area contributed by atoms with Gasteiger partial charge >= 0.3 is 0 Å². The Morgan fingerprint density at radius 2 is 1.77 bits per heavy atom. The first-order valence-corrected chi connectivity index (χ1v) is 8.32. The summed E-state index contributed by atoms with van der Waals surface area (Å²) in [5.74, 6) is 1.79. The Labute approximate surface area is 135 Å². The summed E-state index contributed by atoms with van der Waals surface area (Å²) in [6.07, 6.45) is 5.14. The minimum absolute atomic E-state index is 0.568. The Hall–Kier alpha value is -1.71. The van der Waals surface area contributed by atoms with Gasteiger partial charge in [0.15, 0.2) is 5.96 Å². The smallest absolute Gasteiger partial charge is 0.191 e. The molecule has 122 valence electrons. The second-order valence-corrected chi connectivity index (χ2v) is 6.59. The van der Waals surface area contributed by atoms with Gasteiger partial charge in [-0.2, -0.15) is 0 Å². The van der Waals surface area contributed by atoms with Crippen molar-refractivity contribution >= 4 is 11.6 Å². The first kappa shape index (κ1) is 16.7. The third-order valence-electron chi connectivity index (χ3n) is 4.49. The fourth-order valence-corrected chi connectivity index (χ4v) is 2.89. The second kappa shape index (κ2) is 8.06. The molecule has 0 amide bonds. The van der Waals surface area contributed by atoms with Crippen molar-refractivity contribution in [3.63, 3.8) is 0 Å². The maximum Gasteiger partial charge on any atom is 0.191 e. The van der Waals surface area contributed by atoms with E-state index in [1.165, 1.54) is 36.9 Å². The fourth-order valence-electron chi connectivity index (χ4n) is 2.89. The van der Waals surface area contributed by atoms with Crippen LogP contribution in [0.3, 0.4) is 0 Å². The summed E-state index contributed by atoms with van der Waals surface area (Å²) in [5.41, 5.74) is 2.49. The lowest BCUT2D eigenvalue weighted by Gasteiger charge is -2.28. The number of anilines is 1. The van der Waals surface area contributed by atoms with Gasteiger partial charge in [0, 0.05) is 39.4 Å². The molecule has 1 saturated carbocycles. The molecule has 4 nitrogen and oxygen atoms in total. The van der Waals surface area contributed by atoms with Gasteiger partial charge in [0.2, 0.25) is 0 Å². The highest BCUT2D eigenvalue weighted by molar-refractivity contribution is 5.79. The van der Waals surface area contributed by atoms with E-state index < -0.39 is 0 Å². The molecule has 22 heavy (non-hydrogen) atoms. The molecular formula is C18H30N4. The second-order valence-electron chi connectivity index (χ2n) is 6.59. The minimum Gasteiger partial charge on any atom is -0.378 e. The predicted molar refractivity (Wildman–Crippen MR) is 95.5 cm³/mol. The van der Waals surface area contributed by atoms with Crippen molar-refractivity contribution in [2.24, 2.45) is 10.9 Å². The fraction of sp³-hybridized carbons (Fsp3) is 0.611. The molecule has 0 saturated heterocycles. The van der Waals surface area contributed by atoms with E-state index in [-0.39, 0.29) is 0 Å². The van der Waals surface area contributed by atoms with Gasteiger partial charge in [-0.3, -0.25) is 4.99 Å². The maximum atomic E-state index is 4.35. The normalized spacial score (nSPS) is 22.3. The predicted octanol–water partition coefficient (Wildman–Crippen LogP) is 3.00. The van der Waals surface area contributed by atoms with Gasteiger partial charge in [-0.15, -0.1) is 0 Å². The van der Waals surface area contributed by atoms with Crippen molar-refractivity contribution in [3.8, 4) is 0 Å². The number of benzene rings is 1. The van der Waals surface area contributed by atoms with E-state index in [2.05, 4.69) is 65.8 Å². The van der Waals surface area contributed by atoms with Crippen LogP contribution in [0, 0.1) is 5.92 Å². The van der Waals surface area contributed by atoms with E-state index in [1.807, 2.05) is 7.05 Å². The Balaban J connectivity index is 1.81. The van der Waals surface area contributed by atoms with Crippen LogP contribution in [0.2, 0.25) is 0 Å². The summed E-state index contributed by atoms with van der Waals surface area (Å²) in [6.45, 7) is 3.15. The summed E-state index contributed by atoms with van der Waals surface area (Å²) in [6, 6.07) is 9.19. The number of aliphatic imine (C=N–C) groups is 1. The van der Waals surface area contributed by atoms with Crippen LogP contribution in [0.4, 0.5) is 5.69 Å². The monoisotopic (exact) mass is 302 g/mol. The maximum absolute atomic E-state index is 4.35. The van der Waals surface area contributed by atoms with Crippen molar-refractivity contribution < 1.29 is 0 Å². The Morgan fingerprint density at radius 1 is 1.14 bits per heavy atom. The lowest BCUT2D eigenvalue weighted by Crippen LogP contribution is -2.44. The van der Waals surface area contributed by atoms with Crippen LogP contribution in [0.15, 0.2) is 29.3 Å². The molecule has 2 N–H and O–H groups in total. The van der Waals surface area contributed by atoms with Crippen molar-refractivity contribution in [3.05, 3.63) is 29.8 Å². The molecule has 1 fully saturated rings. The van der Waals surface area contributed by atoms with Crippen LogP contribution in [0.25, 0.3) is 0 Å². The van der Waals surface area contributed by atoms with Crippen LogP contribution in [0.1, 0.15) is 38.2 Å². The highest BCUT2D eigenvalue weighted by Crippen LogP contribution is 2.23. The van der Waals surface area contributed by atoms with Crippen LogP contribution in [0.5, 0.6) is 0 Å². The summed E-state index contributed by atoms with van der Waals surface area (Å²) < 4.78 is 0. The number of guanidine groups is 1. The number of nitrogens with zero attached hydrogens (tertiary/aromatic N) is 2. The van der Waals surface area contributed by atoms with Gasteiger partial charge in [-0.05, 0) is 49.3 Å². The van der Waals surface area contributed by atoms with E-state index in [4.69, 9.17) is 0 Å². The highest BCUT2D eigenvalue weighted by Gasteiger charge is 2.18. The molecule has 0 aromatic heterocycles. The quantitative estimate of drug-likeness (QED) is 0.663. The highest BCUT2D eigenvalue weighted by atomic mass is 15.2. The summed E-state index contributed by atoms with van der Waals surface area (Å²) >= 11 is 0. The molecule has 1 aromatic rings. The van der Waals surface area contributed by atoms with Gasteiger partial charge in [0.25, 0.3) is 0 Å². The van der Waals surface area contributed by atoms with Crippen LogP contribution in [-0.2, 0) is 6.54 Å². The summed E-state index contributed by atoms with van der Waals surface area (Å²) in [5, 5.41) is 6.97.